The van der Waals surface area contributed by atoms with Crippen LogP contribution in [-0.2, 0) is 4.79 Å². The maximum atomic E-state index is 13.3. The van der Waals surface area contributed by atoms with Crippen molar-refractivity contribution in [2.45, 2.75) is 45.2 Å². The molecule has 33 heavy (non-hydrogen) atoms. The highest BCUT2D eigenvalue weighted by Crippen LogP contribution is 2.40. The molecule has 2 aliphatic rings. The van der Waals surface area contributed by atoms with Crippen LogP contribution in [0.15, 0.2) is 29.9 Å². The van der Waals surface area contributed by atoms with Crippen LogP contribution in [0.2, 0.25) is 5.02 Å². The summed E-state index contributed by atoms with van der Waals surface area (Å²) in [7, 11) is 0. The van der Waals surface area contributed by atoms with Crippen molar-refractivity contribution in [3.8, 4) is 0 Å². The summed E-state index contributed by atoms with van der Waals surface area (Å²) in [5.41, 5.74) is 1.76. The summed E-state index contributed by atoms with van der Waals surface area (Å²) in [5, 5.41) is 8.81. The molecule has 1 saturated carbocycles. The fourth-order valence-electron chi connectivity index (χ4n) is 4.19. The van der Waals surface area contributed by atoms with Gasteiger partial charge < -0.3 is 15.5 Å². The van der Waals surface area contributed by atoms with Gasteiger partial charge in [0, 0.05) is 30.9 Å². The first-order valence-corrected chi connectivity index (χ1v) is 12.3. The number of likely N-dealkylation sites (tertiary alicyclic amines) is 1. The number of nitrogens with one attached hydrogen (secondary N) is 2. The van der Waals surface area contributed by atoms with Gasteiger partial charge in [0.05, 0.1) is 27.3 Å². The zero-order valence-electron chi connectivity index (χ0n) is 18.5. The summed E-state index contributed by atoms with van der Waals surface area (Å²) >= 11 is 7.51. The number of hydrogen-bond donors (Lipinski definition) is 2. The van der Waals surface area contributed by atoms with Crippen LogP contribution in [-0.4, -0.2) is 50.8 Å². The Kier molecular flexibility index (Phi) is 5.70. The maximum Gasteiger partial charge on any atom is 0.274 e. The van der Waals surface area contributed by atoms with Gasteiger partial charge in [0.15, 0.2) is 5.69 Å². The summed E-state index contributed by atoms with van der Waals surface area (Å²) in [4.78, 5) is 40.7. The molecule has 2 fully saturated rings. The third-order valence-electron chi connectivity index (χ3n) is 6.59. The molecular weight excluding hydrogens is 460 g/mol. The molecule has 2 amide bonds. The van der Waals surface area contributed by atoms with Crippen molar-refractivity contribution in [1.29, 1.82) is 0 Å². The van der Waals surface area contributed by atoms with Gasteiger partial charge in [-0.05, 0) is 42.8 Å². The first-order chi connectivity index (χ1) is 15.8. The van der Waals surface area contributed by atoms with E-state index in [0.29, 0.717) is 29.8 Å². The third-order valence-corrected chi connectivity index (χ3v) is 7.70. The normalized spacial score (nSPS) is 18.3. The van der Waals surface area contributed by atoms with Crippen LogP contribution < -0.4 is 10.6 Å². The lowest BCUT2D eigenvalue weighted by Gasteiger charge is -2.43. The van der Waals surface area contributed by atoms with Crippen LogP contribution in [0.3, 0.4) is 0 Å². The van der Waals surface area contributed by atoms with Crippen molar-refractivity contribution in [1.82, 2.24) is 25.2 Å². The Morgan fingerprint density at radius 2 is 2.06 bits per heavy atom. The summed E-state index contributed by atoms with van der Waals surface area (Å²) in [5.74, 6) is 0.329. The Bertz CT molecular complexity index is 1220. The summed E-state index contributed by atoms with van der Waals surface area (Å²) < 4.78 is 0.761. The molecule has 1 aliphatic heterocycles. The van der Waals surface area contributed by atoms with E-state index >= 15 is 0 Å². The molecule has 1 atom stereocenters. The van der Waals surface area contributed by atoms with Crippen LogP contribution in [0.25, 0.3) is 10.2 Å². The second-order valence-corrected chi connectivity index (χ2v) is 10.5. The minimum Gasteiger partial charge on any atom is -0.349 e. The second-order valence-electron chi connectivity index (χ2n) is 9.13. The number of nitrogens with zero attached hydrogens (tertiary/aromatic N) is 4. The summed E-state index contributed by atoms with van der Waals surface area (Å²) in [6.07, 6.45) is 6.29. The van der Waals surface area contributed by atoms with Gasteiger partial charge in [-0.25, -0.2) is 9.97 Å². The molecule has 3 aromatic heterocycles. The minimum absolute atomic E-state index is 0.00696. The van der Waals surface area contributed by atoms with Crippen LogP contribution in [0.5, 0.6) is 0 Å². The van der Waals surface area contributed by atoms with E-state index in [1.807, 2.05) is 31.4 Å². The lowest BCUT2D eigenvalue weighted by Crippen LogP contribution is -2.63. The van der Waals surface area contributed by atoms with Crippen molar-refractivity contribution in [2.24, 2.45) is 5.41 Å². The Morgan fingerprint density at radius 1 is 1.27 bits per heavy atom. The molecule has 2 N–H and O–H groups in total. The van der Waals surface area contributed by atoms with Gasteiger partial charge in [-0.3, -0.25) is 14.6 Å². The predicted octanol–water partition coefficient (Wildman–Crippen LogP) is 4.04. The van der Waals surface area contributed by atoms with Crippen LogP contribution >= 0.6 is 22.9 Å². The van der Waals surface area contributed by atoms with E-state index in [1.54, 1.807) is 17.3 Å². The van der Waals surface area contributed by atoms with Crippen molar-refractivity contribution in [2.75, 3.05) is 18.4 Å². The standard InChI is InChI=1S/C23H25ClN6O2S/c1-13(14-8-15(24)10-25-9-14)26-22-28-17-4-7-33-19(17)18(29-22)20(31)30-11-16(12-30)27-21(32)23(2)5-3-6-23/h4,7-10,13,16H,3,5-6,11-12H2,1-2H3,(H,27,32)(H,26,28,29). The molecule has 1 unspecified atom stereocenters. The number of anilines is 1. The molecular formula is C23H25ClN6O2S. The average Bonchev–Trinajstić information content (AvgIpc) is 3.21. The SMILES string of the molecule is CC(Nc1nc(C(=O)N2CC(NC(=O)C3(C)CCC3)C2)c2sccc2n1)c1cncc(Cl)c1. The van der Waals surface area contributed by atoms with Crippen molar-refractivity contribution in [3.05, 3.63) is 46.2 Å². The molecule has 0 aromatic carbocycles. The molecule has 172 valence electrons. The van der Waals surface area contributed by atoms with E-state index in [1.165, 1.54) is 11.3 Å². The zero-order chi connectivity index (χ0) is 23.2. The number of fused-ring (bicyclic) bond motifs is 1. The van der Waals surface area contributed by atoms with Gasteiger partial charge in [-0.1, -0.05) is 24.9 Å². The number of aromatic nitrogens is 3. The van der Waals surface area contributed by atoms with Crippen molar-refractivity contribution < 1.29 is 9.59 Å². The first-order valence-electron chi connectivity index (χ1n) is 11.0. The van der Waals surface area contributed by atoms with Crippen LogP contribution in [0, 0.1) is 5.41 Å². The molecule has 1 aliphatic carbocycles. The summed E-state index contributed by atoms with van der Waals surface area (Å²) in [6.45, 7) is 4.95. The molecule has 0 radical (unpaired) electrons. The fourth-order valence-corrected chi connectivity index (χ4v) is 5.19. The highest BCUT2D eigenvalue weighted by atomic mass is 35.5. The predicted molar refractivity (Wildman–Crippen MR) is 128 cm³/mol. The number of thiophene rings is 1. The van der Waals surface area contributed by atoms with Gasteiger partial charge in [0.1, 0.15) is 0 Å². The fraction of sp³-hybridized carbons (Fsp3) is 0.435. The van der Waals surface area contributed by atoms with E-state index in [9.17, 15) is 9.59 Å². The van der Waals surface area contributed by atoms with Gasteiger partial charge in [-0.2, -0.15) is 0 Å². The van der Waals surface area contributed by atoms with Crippen LogP contribution in [0.4, 0.5) is 5.95 Å². The molecule has 0 bridgehead atoms. The van der Waals surface area contributed by atoms with E-state index in [2.05, 4.69) is 25.6 Å². The van der Waals surface area contributed by atoms with Gasteiger partial charge in [-0.15, -0.1) is 11.3 Å². The monoisotopic (exact) mass is 484 g/mol. The van der Waals surface area contributed by atoms with Crippen LogP contribution in [0.1, 0.15) is 55.2 Å². The van der Waals surface area contributed by atoms with Gasteiger partial charge in [0.2, 0.25) is 11.9 Å². The van der Waals surface area contributed by atoms with E-state index < -0.39 is 0 Å². The largest absolute Gasteiger partial charge is 0.349 e. The lowest BCUT2D eigenvalue weighted by molar-refractivity contribution is -0.136. The van der Waals surface area contributed by atoms with E-state index in [-0.39, 0.29) is 29.3 Å². The number of carbonyl (C=O) groups is 2. The molecule has 3 aromatic rings. The Morgan fingerprint density at radius 3 is 2.76 bits per heavy atom. The second kappa shape index (κ2) is 8.53. The smallest absolute Gasteiger partial charge is 0.274 e. The number of halogens is 1. The van der Waals surface area contributed by atoms with Crippen molar-refractivity contribution in [3.63, 3.8) is 0 Å². The van der Waals surface area contributed by atoms with E-state index in [0.717, 1.165) is 35.0 Å². The third kappa shape index (κ3) is 4.27. The summed E-state index contributed by atoms with van der Waals surface area (Å²) in [6, 6.07) is 3.56. The number of rotatable bonds is 6. The number of carbonyl (C=O) groups excluding carboxylic acids is 2. The highest BCUT2D eigenvalue weighted by molar-refractivity contribution is 7.17. The molecule has 8 nitrogen and oxygen atoms in total. The van der Waals surface area contributed by atoms with E-state index in [4.69, 9.17) is 11.6 Å². The van der Waals surface area contributed by atoms with Gasteiger partial charge in [0.25, 0.3) is 5.91 Å². The highest BCUT2D eigenvalue weighted by Gasteiger charge is 2.42. The lowest BCUT2D eigenvalue weighted by atomic mass is 9.69. The Balaban J connectivity index is 1.29. The number of hydrogen-bond acceptors (Lipinski definition) is 7. The van der Waals surface area contributed by atoms with Gasteiger partial charge >= 0.3 is 0 Å². The first kappa shape index (κ1) is 22.0. The maximum absolute atomic E-state index is 13.3. The molecule has 5 rings (SSSR count). The Hall–Kier alpha value is -2.78. The molecule has 4 heterocycles. The zero-order valence-corrected chi connectivity index (χ0v) is 20.0. The molecule has 0 spiro atoms. The molecule has 10 heteroatoms. The average molecular weight is 485 g/mol. The minimum atomic E-state index is -0.240. The topological polar surface area (TPSA) is 100 Å². The number of amides is 2. The Labute approximate surface area is 200 Å². The quantitative estimate of drug-likeness (QED) is 0.547. The number of pyridine rings is 1. The van der Waals surface area contributed by atoms with Crippen molar-refractivity contribution >= 4 is 50.9 Å². The molecule has 1 saturated heterocycles.